The average Bonchev–Trinajstić information content (AvgIpc) is 3.53. The lowest BCUT2D eigenvalue weighted by Gasteiger charge is -2.38. The number of ether oxygens (including phenoxy) is 1. The van der Waals surface area contributed by atoms with Crippen molar-refractivity contribution in [3.63, 3.8) is 0 Å². The van der Waals surface area contributed by atoms with Crippen LogP contribution in [0.2, 0.25) is 0 Å². The number of nitrogens with zero attached hydrogens (tertiary/aromatic N) is 3. The smallest absolute Gasteiger partial charge is 0.410 e. The van der Waals surface area contributed by atoms with E-state index in [1.807, 2.05) is 27.7 Å². The molecule has 2 N–H and O–H groups in total. The molecule has 1 saturated heterocycles. The van der Waals surface area contributed by atoms with Gasteiger partial charge in [-0.2, -0.15) is 0 Å². The van der Waals surface area contributed by atoms with Crippen molar-refractivity contribution in [3.8, 4) is 0 Å². The van der Waals surface area contributed by atoms with Gasteiger partial charge < -0.3 is 15.0 Å². The van der Waals surface area contributed by atoms with Crippen LogP contribution < -0.4 is 16.6 Å². The molecule has 0 spiro atoms. The lowest BCUT2D eigenvalue weighted by atomic mass is 9.93. The lowest BCUT2D eigenvalue weighted by Crippen LogP contribution is -2.54. The quantitative estimate of drug-likeness (QED) is 0.745. The van der Waals surface area contributed by atoms with Crippen LogP contribution >= 0.6 is 0 Å². The predicted molar refractivity (Wildman–Crippen MR) is 118 cm³/mol. The summed E-state index contributed by atoms with van der Waals surface area (Å²) >= 11 is 0. The number of hydrogen-bond donors (Lipinski definition) is 2. The minimum atomic E-state index is -0.593. The second-order valence-electron chi connectivity index (χ2n) is 9.73. The van der Waals surface area contributed by atoms with Gasteiger partial charge in [-0.15, -0.1) is 0 Å². The zero-order chi connectivity index (χ0) is 23.2. The van der Waals surface area contributed by atoms with E-state index >= 15 is 0 Å². The van der Waals surface area contributed by atoms with E-state index in [1.165, 1.54) is 16.8 Å². The minimum absolute atomic E-state index is 0.0379. The molecule has 10 heteroatoms. The summed E-state index contributed by atoms with van der Waals surface area (Å²) in [5.41, 5.74) is -1.12. The summed E-state index contributed by atoms with van der Waals surface area (Å²) in [6, 6.07) is 1.24. The van der Waals surface area contributed by atoms with Crippen LogP contribution in [0, 0.1) is 5.92 Å². The highest BCUT2D eigenvalue weighted by Crippen LogP contribution is 2.34. The van der Waals surface area contributed by atoms with Gasteiger partial charge in [-0.25, -0.2) is 14.6 Å². The highest BCUT2D eigenvalue weighted by molar-refractivity contribution is 5.97. The number of nitrogens with one attached hydrogen (secondary N) is 2. The van der Waals surface area contributed by atoms with Crippen LogP contribution in [-0.2, 0) is 4.74 Å². The van der Waals surface area contributed by atoms with Crippen molar-refractivity contribution in [2.45, 2.75) is 64.6 Å². The van der Waals surface area contributed by atoms with Crippen molar-refractivity contribution in [1.82, 2.24) is 24.8 Å². The van der Waals surface area contributed by atoms with Crippen LogP contribution in [0.15, 0.2) is 21.9 Å². The maximum atomic E-state index is 13.0. The molecule has 1 aliphatic heterocycles. The van der Waals surface area contributed by atoms with Crippen LogP contribution in [0.3, 0.4) is 0 Å². The van der Waals surface area contributed by atoms with Crippen molar-refractivity contribution in [2.24, 2.45) is 5.92 Å². The summed E-state index contributed by atoms with van der Waals surface area (Å²) in [5.74, 6) is -0.222. The summed E-state index contributed by atoms with van der Waals surface area (Å²) in [4.78, 5) is 58.1. The maximum absolute atomic E-state index is 13.0. The molecule has 3 heterocycles. The zero-order valence-electron chi connectivity index (χ0n) is 18.8. The Kier molecular flexibility index (Phi) is 5.56. The number of H-pyrrole nitrogens is 1. The molecule has 2 atom stereocenters. The first-order chi connectivity index (χ1) is 15.0. The number of fused-ring (bicyclic) bond motifs is 1. The molecule has 2 amide bonds. The van der Waals surface area contributed by atoms with Gasteiger partial charge in [0, 0.05) is 31.4 Å². The third kappa shape index (κ3) is 4.53. The molecule has 0 radical (unpaired) electrons. The van der Waals surface area contributed by atoms with Crippen LogP contribution in [0.5, 0.6) is 0 Å². The fourth-order valence-corrected chi connectivity index (χ4v) is 3.93. The highest BCUT2D eigenvalue weighted by atomic mass is 16.6. The molecule has 4 rings (SSSR count). The molecule has 0 aromatic carbocycles. The predicted octanol–water partition coefficient (Wildman–Crippen LogP) is 1.79. The van der Waals surface area contributed by atoms with Gasteiger partial charge >= 0.3 is 11.8 Å². The maximum Gasteiger partial charge on any atom is 0.410 e. The fraction of sp³-hybridized carbons (Fsp3) is 0.591. The Labute approximate surface area is 185 Å². The molecule has 2 aromatic rings. The molecular weight excluding hydrogens is 414 g/mol. The van der Waals surface area contributed by atoms with E-state index < -0.39 is 22.9 Å². The minimum Gasteiger partial charge on any atom is -0.444 e. The van der Waals surface area contributed by atoms with Crippen molar-refractivity contribution in [2.75, 3.05) is 13.1 Å². The summed E-state index contributed by atoms with van der Waals surface area (Å²) in [6.45, 7) is 8.36. The SMILES string of the molecule is CC1CCN(C(=O)OC(C)(C)C)CC1NC(=O)c1cnc2c(c1)c(=O)[nH]c(=O)n2C1CC1. The normalized spacial score (nSPS) is 21.4. The Morgan fingerprint density at radius 2 is 1.94 bits per heavy atom. The van der Waals surface area contributed by atoms with Gasteiger partial charge in [0.25, 0.3) is 11.5 Å². The Bertz CT molecular complexity index is 1170. The molecule has 2 aromatic heterocycles. The number of aromatic nitrogens is 3. The number of likely N-dealkylation sites (tertiary alicyclic amines) is 1. The van der Waals surface area contributed by atoms with Gasteiger partial charge in [-0.3, -0.25) is 19.1 Å². The topological polar surface area (TPSA) is 126 Å². The van der Waals surface area contributed by atoms with E-state index in [-0.39, 0.29) is 34.9 Å². The van der Waals surface area contributed by atoms with Gasteiger partial charge in [-0.05, 0) is 52.0 Å². The van der Waals surface area contributed by atoms with E-state index in [0.717, 1.165) is 19.3 Å². The van der Waals surface area contributed by atoms with E-state index in [1.54, 1.807) is 4.90 Å². The number of rotatable bonds is 3. The van der Waals surface area contributed by atoms with Crippen LogP contribution in [-0.4, -0.2) is 56.2 Å². The summed E-state index contributed by atoms with van der Waals surface area (Å²) in [6.07, 6.45) is 3.43. The van der Waals surface area contributed by atoms with Crippen LogP contribution in [0.25, 0.3) is 11.0 Å². The highest BCUT2D eigenvalue weighted by Gasteiger charge is 2.33. The number of carbonyl (C=O) groups excluding carboxylic acids is 2. The molecule has 2 aliphatic rings. The first kappa shape index (κ1) is 22.0. The first-order valence-corrected chi connectivity index (χ1v) is 11.0. The van der Waals surface area contributed by atoms with Crippen molar-refractivity contribution in [1.29, 1.82) is 0 Å². The number of piperidine rings is 1. The number of pyridine rings is 1. The number of carbonyl (C=O) groups is 2. The van der Waals surface area contributed by atoms with Gasteiger partial charge in [0.1, 0.15) is 11.2 Å². The Morgan fingerprint density at radius 3 is 2.59 bits per heavy atom. The fourth-order valence-electron chi connectivity index (χ4n) is 3.93. The van der Waals surface area contributed by atoms with E-state index in [0.29, 0.717) is 18.7 Å². The largest absolute Gasteiger partial charge is 0.444 e. The van der Waals surface area contributed by atoms with Gasteiger partial charge in [-0.1, -0.05) is 6.92 Å². The Morgan fingerprint density at radius 1 is 1.22 bits per heavy atom. The van der Waals surface area contributed by atoms with Crippen molar-refractivity contribution in [3.05, 3.63) is 38.7 Å². The third-order valence-electron chi connectivity index (χ3n) is 5.88. The molecule has 2 fully saturated rings. The Balaban J connectivity index is 1.53. The van der Waals surface area contributed by atoms with E-state index in [4.69, 9.17) is 4.74 Å². The molecule has 32 heavy (non-hydrogen) atoms. The zero-order valence-corrected chi connectivity index (χ0v) is 18.8. The summed E-state index contributed by atoms with van der Waals surface area (Å²) in [7, 11) is 0. The van der Waals surface area contributed by atoms with Crippen molar-refractivity contribution >= 4 is 23.0 Å². The summed E-state index contributed by atoms with van der Waals surface area (Å²) < 4.78 is 6.94. The molecule has 0 bridgehead atoms. The van der Waals surface area contributed by atoms with Crippen LogP contribution in [0.4, 0.5) is 4.79 Å². The number of amides is 2. The average molecular weight is 444 g/mol. The first-order valence-electron chi connectivity index (χ1n) is 11.0. The van der Waals surface area contributed by atoms with Gasteiger partial charge in [0.05, 0.1) is 10.9 Å². The molecular formula is C22H29N5O5. The lowest BCUT2D eigenvalue weighted by molar-refractivity contribution is 0.0146. The second-order valence-corrected chi connectivity index (χ2v) is 9.73. The standard InChI is InChI=1S/C22H29N5O5/c1-12-7-8-26(21(31)32-22(2,3)4)11-16(12)24-18(28)13-9-15-17(23-10-13)27(14-5-6-14)20(30)25-19(15)29/h9-10,12,14,16H,5-8,11H2,1-4H3,(H,24,28)(H,25,29,30). The second kappa shape index (κ2) is 8.07. The van der Waals surface area contributed by atoms with E-state index in [9.17, 15) is 19.2 Å². The van der Waals surface area contributed by atoms with Gasteiger partial charge in [0.15, 0.2) is 0 Å². The molecule has 1 aliphatic carbocycles. The monoisotopic (exact) mass is 443 g/mol. The van der Waals surface area contributed by atoms with E-state index in [2.05, 4.69) is 15.3 Å². The molecule has 2 unspecified atom stereocenters. The summed E-state index contributed by atoms with van der Waals surface area (Å²) in [5, 5.41) is 3.17. The molecule has 1 saturated carbocycles. The Hall–Kier alpha value is -3.17. The van der Waals surface area contributed by atoms with Crippen LogP contribution in [0.1, 0.15) is 63.4 Å². The molecule has 10 nitrogen and oxygen atoms in total. The molecule has 172 valence electrons. The van der Waals surface area contributed by atoms with Gasteiger partial charge in [0.2, 0.25) is 0 Å². The number of hydrogen-bond acceptors (Lipinski definition) is 6. The number of aromatic amines is 1. The van der Waals surface area contributed by atoms with Crippen molar-refractivity contribution < 1.29 is 14.3 Å². The third-order valence-corrected chi connectivity index (χ3v) is 5.88.